The van der Waals surface area contributed by atoms with Gasteiger partial charge in [-0.05, 0) is 35.9 Å². The molecule has 134 valence electrons. The molecule has 0 bridgehead atoms. The second kappa shape index (κ2) is 7.93. The molecule has 0 saturated carbocycles. The molecule has 0 radical (unpaired) electrons. The van der Waals surface area contributed by atoms with Crippen LogP contribution in [0.1, 0.15) is 31.1 Å². The summed E-state index contributed by atoms with van der Waals surface area (Å²) in [6.07, 6.45) is 0. The van der Waals surface area contributed by atoms with Crippen molar-refractivity contribution in [1.82, 2.24) is 0 Å². The highest BCUT2D eigenvalue weighted by atomic mass is 35.5. The summed E-state index contributed by atoms with van der Waals surface area (Å²) in [5.74, 6) is -2.12. The van der Waals surface area contributed by atoms with Gasteiger partial charge in [0.2, 0.25) is 11.6 Å². The number of halogens is 2. The zero-order valence-electron chi connectivity index (χ0n) is 13.8. The van der Waals surface area contributed by atoms with Crippen molar-refractivity contribution in [2.24, 2.45) is 0 Å². The summed E-state index contributed by atoms with van der Waals surface area (Å²) in [6, 6.07) is 17.8. The highest BCUT2D eigenvalue weighted by Crippen LogP contribution is 2.28. The minimum atomic E-state index is -0.928. The standard InChI is InChI=1S/C21H12ClFO4/c22-21(26)15-11-10-14(12-17(15)23)27-18-9-5-4-8-16(18)20(25)19(24)13-6-2-1-3-7-13/h1-12H. The van der Waals surface area contributed by atoms with E-state index in [4.69, 9.17) is 16.3 Å². The molecule has 0 aromatic heterocycles. The summed E-state index contributed by atoms with van der Waals surface area (Å²) in [4.78, 5) is 36.1. The van der Waals surface area contributed by atoms with Gasteiger partial charge in [-0.2, -0.15) is 0 Å². The number of ketones is 2. The van der Waals surface area contributed by atoms with Crippen LogP contribution in [0.4, 0.5) is 4.39 Å². The van der Waals surface area contributed by atoms with Gasteiger partial charge in [0.1, 0.15) is 17.3 Å². The Hall–Kier alpha value is -3.31. The Kier molecular flexibility index (Phi) is 5.43. The van der Waals surface area contributed by atoms with E-state index in [-0.39, 0.29) is 28.2 Å². The van der Waals surface area contributed by atoms with Gasteiger partial charge in [0.05, 0.1) is 11.1 Å². The van der Waals surface area contributed by atoms with Gasteiger partial charge in [-0.1, -0.05) is 42.5 Å². The quantitative estimate of drug-likeness (QED) is 0.339. The molecule has 0 spiro atoms. The average molecular weight is 383 g/mol. The molecular weight excluding hydrogens is 371 g/mol. The van der Waals surface area contributed by atoms with E-state index in [1.165, 1.54) is 24.3 Å². The van der Waals surface area contributed by atoms with Crippen molar-refractivity contribution in [3.63, 3.8) is 0 Å². The van der Waals surface area contributed by atoms with Crippen LogP contribution in [-0.2, 0) is 0 Å². The zero-order chi connectivity index (χ0) is 19.4. The van der Waals surface area contributed by atoms with Crippen molar-refractivity contribution < 1.29 is 23.5 Å². The van der Waals surface area contributed by atoms with Gasteiger partial charge in [-0.15, -0.1) is 0 Å². The topological polar surface area (TPSA) is 60.4 Å². The number of hydrogen-bond acceptors (Lipinski definition) is 4. The molecule has 0 N–H and O–H groups in total. The van der Waals surface area contributed by atoms with E-state index in [0.29, 0.717) is 0 Å². The molecule has 0 aliphatic heterocycles. The molecule has 3 rings (SSSR count). The van der Waals surface area contributed by atoms with E-state index in [1.807, 2.05) is 0 Å². The lowest BCUT2D eigenvalue weighted by Crippen LogP contribution is -2.15. The van der Waals surface area contributed by atoms with Crippen LogP contribution in [0.2, 0.25) is 0 Å². The van der Waals surface area contributed by atoms with Gasteiger partial charge in [0.25, 0.3) is 5.24 Å². The molecule has 27 heavy (non-hydrogen) atoms. The maximum atomic E-state index is 13.9. The fourth-order valence-electron chi connectivity index (χ4n) is 2.43. The minimum absolute atomic E-state index is 0.0456. The molecule has 0 unspecified atom stereocenters. The van der Waals surface area contributed by atoms with Crippen LogP contribution in [0.5, 0.6) is 11.5 Å². The number of Topliss-reactive ketones (excluding diaryl/α,β-unsaturated/α-hetero) is 2. The predicted octanol–water partition coefficient (Wildman–Crippen LogP) is 5.06. The average Bonchev–Trinajstić information content (AvgIpc) is 2.68. The van der Waals surface area contributed by atoms with E-state index >= 15 is 0 Å². The van der Waals surface area contributed by atoms with Gasteiger partial charge in [0.15, 0.2) is 0 Å². The third-order valence-electron chi connectivity index (χ3n) is 3.75. The molecule has 0 atom stereocenters. The van der Waals surface area contributed by atoms with Crippen LogP contribution in [-0.4, -0.2) is 16.8 Å². The molecule has 0 aliphatic rings. The normalized spacial score (nSPS) is 10.3. The Morgan fingerprint density at radius 3 is 2.11 bits per heavy atom. The molecule has 3 aromatic carbocycles. The SMILES string of the molecule is O=C(C(=O)c1ccccc1Oc1ccc(C(=O)Cl)c(F)c1)c1ccccc1. The van der Waals surface area contributed by atoms with Gasteiger partial charge < -0.3 is 4.74 Å². The van der Waals surface area contributed by atoms with Crippen LogP contribution in [0, 0.1) is 5.82 Å². The Bertz CT molecular complexity index is 1030. The highest BCUT2D eigenvalue weighted by molar-refractivity contribution is 6.67. The summed E-state index contributed by atoms with van der Waals surface area (Å²) in [7, 11) is 0. The van der Waals surface area contributed by atoms with Crippen molar-refractivity contribution >= 4 is 28.4 Å². The lowest BCUT2D eigenvalue weighted by Gasteiger charge is -2.11. The molecule has 0 aliphatic carbocycles. The summed E-state index contributed by atoms with van der Waals surface area (Å²) in [6.45, 7) is 0. The number of rotatable bonds is 6. The Balaban J connectivity index is 1.90. The third-order valence-corrected chi connectivity index (χ3v) is 3.96. The van der Waals surface area contributed by atoms with Crippen LogP contribution in [0.25, 0.3) is 0 Å². The van der Waals surface area contributed by atoms with Crippen LogP contribution >= 0.6 is 11.6 Å². The first kappa shape index (κ1) is 18.5. The minimum Gasteiger partial charge on any atom is -0.456 e. The lowest BCUT2D eigenvalue weighted by molar-refractivity contribution is 0.0815. The number of carbonyl (C=O) groups is 3. The smallest absolute Gasteiger partial charge is 0.255 e. The summed E-state index contributed by atoms with van der Waals surface area (Å²) in [5, 5.41) is -0.928. The number of para-hydroxylation sites is 1. The first-order valence-corrected chi connectivity index (χ1v) is 8.25. The molecule has 6 heteroatoms. The number of benzene rings is 3. The van der Waals surface area contributed by atoms with Crippen molar-refractivity contribution in [1.29, 1.82) is 0 Å². The third kappa shape index (κ3) is 4.10. The van der Waals surface area contributed by atoms with Crippen LogP contribution < -0.4 is 4.74 Å². The number of ether oxygens (including phenoxy) is 1. The van der Waals surface area contributed by atoms with Crippen molar-refractivity contribution in [3.05, 3.63) is 95.3 Å². The highest BCUT2D eigenvalue weighted by Gasteiger charge is 2.22. The molecule has 0 saturated heterocycles. The van der Waals surface area contributed by atoms with Gasteiger partial charge in [-0.25, -0.2) is 4.39 Å². The first-order valence-electron chi connectivity index (χ1n) is 7.87. The van der Waals surface area contributed by atoms with Crippen LogP contribution in [0.15, 0.2) is 72.8 Å². The fraction of sp³-hybridized carbons (Fsp3) is 0. The monoisotopic (exact) mass is 382 g/mol. The van der Waals surface area contributed by atoms with E-state index in [1.54, 1.807) is 42.5 Å². The van der Waals surface area contributed by atoms with Crippen molar-refractivity contribution in [2.45, 2.75) is 0 Å². The van der Waals surface area contributed by atoms with E-state index < -0.39 is 22.6 Å². The fourth-order valence-corrected chi connectivity index (χ4v) is 2.59. The molecule has 0 heterocycles. The molecule has 3 aromatic rings. The molecular formula is C21H12ClFO4. The summed E-state index contributed by atoms with van der Waals surface area (Å²) < 4.78 is 19.5. The zero-order valence-corrected chi connectivity index (χ0v) is 14.6. The van der Waals surface area contributed by atoms with Crippen LogP contribution in [0.3, 0.4) is 0 Å². The van der Waals surface area contributed by atoms with Gasteiger partial charge >= 0.3 is 0 Å². The molecule has 4 nitrogen and oxygen atoms in total. The Morgan fingerprint density at radius 1 is 0.778 bits per heavy atom. The number of carbonyl (C=O) groups excluding carboxylic acids is 3. The van der Waals surface area contributed by atoms with Gasteiger partial charge in [-0.3, -0.25) is 14.4 Å². The summed E-state index contributed by atoms with van der Waals surface area (Å²) >= 11 is 5.28. The van der Waals surface area contributed by atoms with E-state index in [0.717, 1.165) is 6.07 Å². The van der Waals surface area contributed by atoms with E-state index in [9.17, 15) is 18.8 Å². The van der Waals surface area contributed by atoms with Crippen molar-refractivity contribution in [3.8, 4) is 11.5 Å². The number of hydrogen-bond donors (Lipinski definition) is 0. The van der Waals surface area contributed by atoms with E-state index in [2.05, 4.69) is 0 Å². The van der Waals surface area contributed by atoms with Crippen molar-refractivity contribution in [2.75, 3.05) is 0 Å². The maximum Gasteiger partial charge on any atom is 0.255 e. The summed E-state index contributed by atoms with van der Waals surface area (Å²) in [5.41, 5.74) is 0.0187. The van der Waals surface area contributed by atoms with Gasteiger partial charge in [0, 0.05) is 11.6 Å². The largest absolute Gasteiger partial charge is 0.456 e. The maximum absolute atomic E-state index is 13.9. The second-order valence-corrected chi connectivity index (χ2v) is 5.88. The molecule has 0 amide bonds. The second-order valence-electron chi connectivity index (χ2n) is 5.54. The lowest BCUT2D eigenvalue weighted by atomic mass is 10.0. The Morgan fingerprint density at radius 2 is 1.44 bits per heavy atom. The Labute approximate surface area is 159 Å². The first-order chi connectivity index (χ1) is 13.0. The molecule has 0 fully saturated rings. The predicted molar refractivity (Wildman–Crippen MR) is 98.2 cm³/mol.